The number of nitrogens with zero attached hydrogens (tertiary/aromatic N) is 3. The lowest BCUT2D eigenvalue weighted by atomic mass is 10.1. The van der Waals surface area contributed by atoms with Crippen LogP contribution in [0.4, 0.5) is 5.69 Å². The number of rotatable bonds is 4. The quantitative estimate of drug-likeness (QED) is 0.869. The van der Waals surface area contributed by atoms with Crippen LogP contribution in [-0.4, -0.2) is 52.6 Å². The highest BCUT2D eigenvalue weighted by molar-refractivity contribution is 6.03. The molecule has 4 rings (SSSR count). The number of para-hydroxylation sites is 1. The number of anilines is 1. The van der Waals surface area contributed by atoms with Crippen LogP contribution in [0, 0.1) is 0 Å². The van der Waals surface area contributed by atoms with Crippen LogP contribution in [0.1, 0.15) is 35.1 Å². The third kappa shape index (κ3) is 2.78. The van der Waals surface area contributed by atoms with Gasteiger partial charge in [-0.2, -0.15) is 5.10 Å². The van der Waals surface area contributed by atoms with Gasteiger partial charge < -0.3 is 15.1 Å². The molecule has 1 saturated heterocycles. The van der Waals surface area contributed by atoms with Crippen molar-refractivity contribution in [2.45, 2.75) is 32.4 Å². The third-order valence-electron chi connectivity index (χ3n) is 5.23. The number of hydrogen-bond donors (Lipinski definition) is 2. The summed E-state index contributed by atoms with van der Waals surface area (Å²) in [6.07, 6.45) is 1.48. The molecule has 2 aromatic rings. The molecule has 1 atom stereocenters. The largest absolute Gasteiger partial charge is 0.325 e. The lowest BCUT2D eigenvalue weighted by Gasteiger charge is -2.27. The van der Waals surface area contributed by atoms with Gasteiger partial charge in [0.2, 0.25) is 5.91 Å². The molecule has 26 heavy (non-hydrogen) atoms. The summed E-state index contributed by atoms with van der Waals surface area (Å²) in [7, 11) is 0. The first-order chi connectivity index (χ1) is 12.7. The van der Waals surface area contributed by atoms with Crippen LogP contribution in [-0.2, 0) is 17.8 Å². The van der Waals surface area contributed by atoms with E-state index in [9.17, 15) is 9.59 Å². The van der Waals surface area contributed by atoms with Gasteiger partial charge in [0.1, 0.15) is 6.04 Å². The first-order valence-electron chi connectivity index (χ1n) is 9.15. The van der Waals surface area contributed by atoms with Crippen molar-refractivity contribution in [2.75, 3.05) is 24.5 Å². The fourth-order valence-electron chi connectivity index (χ4n) is 3.86. The van der Waals surface area contributed by atoms with Crippen LogP contribution >= 0.6 is 0 Å². The average Bonchev–Trinajstić information content (AvgIpc) is 3.27. The maximum Gasteiger partial charge on any atom is 0.275 e. The van der Waals surface area contributed by atoms with Crippen molar-refractivity contribution in [3.63, 3.8) is 0 Å². The predicted octanol–water partition coefficient (Wildman–Crippen LogP) is 1.32. The van der Waals surface area contributed by atoms with Crippen molar-refractivity contribution in [3.8, 4) is 0 Å². The molecule has 7 nitrogen and oxygen atoms in total. The molecular formula is C19H23N5O2. The van der Waals surface area contributed by atoms with E-state index >= 15 is 0 Å². The SMILES string of the molecule is CCN(C(=O)c1n[nH]c2c1CNCC2)C1CCN(c2ccccc2)C1=O. The molecule has 1 unspecified atom stereocenters. The fraction of sp³-hybridized carbons (Fsp3) is 0.421. The number of aromatic amines is 1. The number of hydrogen-bond acceptors (Lipinski definition) is 4. The van der Waals surface area contributed by atoms with E-state index in [-0.39, 0.29) is 11.8 Å². The summed E-state index contributed by atoms with van der Waals surface area (Å²) in [6.45, 7) is 4.53. The number of H-pyrrole nitrogens is 1. The Morgan fingerprint density at radius 3 is 2.92 bits per heavy atom. The molecule has 3 heterocycles. The van der Waals surface area contributed by atoms with Crippen LogP contribution in [0.25, 0.3) is 0 Å². The minimum atomic E-state index is -0.434. The zero-order valence-corrected chi connectivity index (χ0v) is 14.9. The van der Waals surface area contributed by atoms with E-state index < -0.39 is 6.04 Å². The van der Waals surface area contributed by atoms with Gasteiger partial charge in [0.25, 0.3) is 5.91 Å². The summed E-state index contributed by atoms with van der Waals surface area (Å²) in [5, 5.41) is 10.5. The Morgan fingerprint density at radius 2 is 2.15 bits per heavy atom. The van der Waals surface area contributed by atoms with Crippen molar-refractivity contribution in [1.29, 1.82) is 0 Å². The van der Waals surface area contributed by atoms with E-state index in [0.29, 0.717) is 31.7 Å². The second-order valence-electron chi connectivity index (χ2n) is 6.68. The van der Waals surface area contributed by atoms with Crippen LogP contribution in [0.15, 0.2) is 30.3 Å². The minimum Gasteiger partial charge on any atom is -0.325 e. The van der Waals surface area contributed by atoms with Crippen molar-refractivity contribution in [1.82, 2.24) is 20.4 Å². The number of benzene rings is 1. The third-order valence-corrected chi connectivity index (χ3v) is 5.23. The standard InChI is InChI=1S/C19H23N5O2/c1-2-23(19(26)17-14-12-20-10-8-15(14)21-22-17)16-9-11-24(18(16)25)13-6-4-3-5-7-13/h3-7,16,20H,2,8-12H2,1H3,(H,21,22). The van der Waals surface area contributed by atoms with Gasteiger partial charge >= 0.3 is 0 Å². The van der Waals surface area contributed by atoms with Gasteiger partial charge in [-0.25, -0.2) is 0 Å². The first kappa shape index (κ1) is 16.8. The topological polar surface area (TPSA) is 81.3 Å². The summed E-state index contributed by atoms with van der Waals surface area (Å²) >= 11 is 0. The molecule has 0 aliphatic carbocycles. The molecular weight excluding hydrogens is 330 g/mol. The second-order valence-corrected chi connectivity index (χ2v) is 6.68. The molecule has 2 aliphatic rings. The van der Waals surface area contributed by atoms with E-state index in [1.54, 1.807) is 9.80 Å². The van der Waals surface area contributed by atoms with Crippen LogP contribution in [0.2, 0.25) is 0 Å². The Labute approximate surface area is 152 Å². The lowest BCUT2D eigenvalue weighted by Crippen LogP contribution is -2.45. The monoisotopic (exact) mass is 353 g/mol. The number of carbonyl (C=O) groups excluding carboxylic acids is 2. The highest BCUT2D eigenvalue weighted by Crippen LogP contribution is 2.26. The Balaban J connectivity index is 1.57. The van der Waals surface area contributed by atoms with Gasteiger partial charge in [0.15, 0.2) is 5.69 Å². The maximum absolute atomic E-state index is 13.1. The minimum absolute atomic E-state index is 0.0195. The van der Waals surface area contributed by atoms with E-state index in [4.69, 9.17) is 0 Å². The average molecular weight is 353 g/mol. The predicted molar refractivity (Wildman–Crippen MR) is 97.9 cm³/mol. The summed E-state index contributed by atoms with van der Waals surface area (Å²) in [4.78, 5) is 29.5. The number of likely N-dealkylation sites (N-methyl/N-ethyl adjacent to an activating group) is 1. The van der Waals surface area contributed by atoms with E-state index in [0.717, 1.165) is 29.9 Å². The Bertz CT molecular complexity index is 817. The van der Waals surface area contributed by atoms with Crippen LogP contribution < -0.4 is 10.2 Å². The molecule has 0 spiro atoms. The molecule has 0 saturated carbocycles. The Kier molecular flexibility index (Phi) is 4.46. The number of carbonyl (C=O) groups is 2. The zero-order chi connectivity index (χ0) is 18.1. The van der Waals surface area contributed by atoms with Gasteiger partial charge in [-0.3, -0.25) is 14.7 Å². The van der Waals surface area contributed by atoms with Crippen molar-refractivity contribution < 1.29 is 9.59 Å². The first-order valence-corrected chi connectivity index (χ1v) is 9.15. The highest BCUT2D eigenvalue weighted by atomic mass is 16.2. The molecule has 2 N–H and O–H groups in total. The normalized spacial score (nSPS) is 19.5. The van der Waals surface area contributed by atoms with E-state index in [2.05, 4.69) is 15.5 Å². The van der Waals surface area contributed by atoms with Gasteiger partial charge in [0.05, 0.1) is 0 Å². The van der Waals surface area contributed by atoms with Crippen molar-refractivity contribution >= 4 is 17.5 Å². The zero-order valence-electron chi connectivity index (χ0n) is 14.9. The molecule has 0 bridgehead atoms. The molecule has 1 aromatic carbocycles. The second kappa shape index (κ2) is 6.92. The maximum atomic E-state index is 13.1. The number of nitrogens with one attached hydrogen (secondary N) is 2. The van der Waals surface area contributed by atoms with Crippen molar-refractivity contribution in [2.24, 2.45) is 0 Å². The molecule has 2 aliphatic heterocycles. The molecule has 1 aromatic heterocycles. The number of fused-ring (bicyclic) bond motifs is 1. The number of aromatic nitrogens is 2. The van der Waals surface area contributed by atoms with Crippen molar-refractivity contribution in [3.05, 3.63) is 47.3 Å². The molecule has 7 heteroatoms. The summed E-state index contributed by atoms with van der Waals surface area (Å²) in [5.41, 5.74) is 3.28. The smallest absolute Gasteiger partial charge is 0.275 e. The van der Waals surface area contributed by atoms with E-state index in [1.165, 1.54) is 0 Å². The van der Waals surface area contributed by atoms with Crippen LogP contribution in [0.5, 0.6) is 0 Å². The molecule has 136 valence electrons. The summed E-state index contributed by atoms with van der Waals surface area (Å²) in [5.74, 6) is -0.184. The Morgan fingerprint density at radius 1 is 1.35 bits per heavy atom. The van der Waals surface area contributed by atoms with Crippen LogP contribution in [0.3, 0.4) is 0 Å². The molecule has 1 fully saturated rings. The van der Waals surface area contributed by atoms with Gasteiger partial charge in [-0.05, 0) is 25.5 Å². The Hall–Kier alpha value is -2.67. The molecule has 0 radical (unpaired) electrons. The molecule has 2 amide bonds. The van der Waals surface area contributed by atoms with E-state index in [1.807, 2.05) is 37.3 Å². The summed E-state index contributed by atoms with van der Waals surface area (Å²) < 4.78 is 0. The summed E-state index contributed by atoms with van der Waals surface area (Å²) in [6, 6.07) is 9.18. The van der Waals surface area contributed by atoms with Gasteiger partial charge in [-0.15, -0.1) is 0 Å². The lowest BCUT2D eigenvalue weighted by molar-refractivity contribution is -0.120. The van der Waals surface area contributed by atoms with Gasteiger partial charge in [0, 0.05) is 49.5 Å². The highest BCUT2D eigenvalue weighted by Gasteiger charge is 2.39. The number of amides is 2. The van der Waals surface area contributed by atoms with Gasteiger partial charge in [-0.1, -0.05) is 18.2 Å². The fourth-order valence-corrected chi connectivity index (χ4v) is 3.86.